The van der Waals surface area contributed by atoms with Crippen LogP contribution in [0, 0.1) is 0 Å². The van der Waals surface area contributed by atoms with Gasteiger partial charge in [-0.25, -0.2) is 4.98 Å². The number of hydrogen-bond acceptors (Lipinski definition) is 2. The molecule has 0 saturated carbocycles. The molecule has 0 aliphatic rings. The van der Waals surface area contributed by atoms with Gasteiger partial charge in [0.2, 0.25) is 0 Å². The van der Waals surface area contributed by atoms with Crippen LogP contribution >= 0.6 is 15.9 Å². The molecule has 74 valence electrons. The fraction of sp³-hybridized carbons (Fsp3) is 0.300. The predicted octanol–water partition coefficient (Wildman–Crippen LogP) is 2.86. The number of ether oxygens (including phenoxy) is 1. The highest BCUT2D eigenvalue weighted by Crippen LogP contribution is 2.17. The van der Waals surface area contributed by atoms with Crippen molar-refractivity contribution < 1.29 is 4.74 Å². The van der Waals surface area contributed by atoms with Gasteiger partial charge in [0.15, 0.2) is 0 Å². The van der Waals surface area contributed by atoms with Crippen molar-refractivity contribution >= 4 is 27.0 Å². The molecule has 1 aromatic carbocycles. The van der Waals surface area contributed by atoms with Crippen molar-refractivity contribution in [2.24, 2.45) is 0 Å². The first-order valence-corrected chi connectivity index (χ1v) is 5.31. The van der Waals surface area contributed by atoms with Crippen LogP contribution in [-0.4, -0.2) is 16.6 Å². The molecule has 1 N–H and O–H groups in total. The number of H-pyrrole nitrogens is 1. The maximum atomic E-state index is 5.27. The van der Waals surface area contributed by atoms with E-state index in [1.165, 1.54) is 0 Å². The first-order chi connectivity index (χ1) is 6.79. The van der Waals surface area contributed by atoms with E-state index in [-0.39, 0.29) is 0 Å². The quantitative estimate of drug-likeness (QED) is 0.915. The molecule has 14 heavy (non-hydrogen) atoms. The third-order valence-corrected chi connectivity index (χ3v) is 2.43. The van der Waals surface area contributed by atoms with Crippen LogP contribution in [0.4, 0.5) is 0 Å². The van der Waals surface area contributed by atoms with Gasteiger partial charge in [-0.1, -0.05) is 15.9 Å². The molecular weight excluding hydrogens is 244 g/mol. The zero-order valence-electron chi connectivity index (χ0n) is 7.88. The molecule has 0 radical (unpaired) electrons. The molecule has 0 unspecified atom stereocenters. The third-order valence-electron chi connectivity index (χ3n) is 1.94. The molecule has 0 spiro atoms. The van der Waals surface area contributed by atoms with Gasteiger partial charge in [0.25, 0.3) is 0 Å². The lowest BCUT2D eigenvalue weighted by atomic mass is 10.3. The van der Waals surface area contributed by atoms with Gasteiger partial charge in [-0.3, -0.25) is 0 Å². The van der Waals surface area contributed by atoms with Gasteiger partial charge in [-0.2, -0.15) is 0 Å². The molecule has 4 heteroatoms. The van der Waals surface area contributed by atoms with Crippen molar-refractivity contribution in [1.82, 2.24) is 9.97 Å². The van der Waals surface area contributed by atoms with Crippen LogP contribution in [-0.2, 0) is 11.3 Å². The van der Waals surface area contributed by atoms with Gasteiger partial charge in [0.05, 0.1) is 11.0 Å². The van der Waals surface area contributed by atoms with Crippen molar-refractivity contribution in [2.45, 2.75) is 13.5 Å². The lowest BCUT2D eigenvalue weighted by molar-refractivity contribution is 0.129. The summed E-state index contributed by atoms with van der Waals surface area (Å²) in [6.07, 6.45) is 0. The molecule has 1 aromatic heterocycles. The Hall–Kier alpha value is -0.870. The van der Waals surface area contributed by atoms with E-state index in [9.17, 15) is 0 Å². The van der Waals surface area contributed by atoms with Crippen LogP contribution in [0.1, 0.15) is 12.7 Å². The van der Waals surface area contributed by atoms with Crippen molar-refractivity contribution in [3.05, 3.63) is 28.5 Å². The van der Waals surface area contributed by atoms with Crippen LogP contribution in [0.25, 0.3) is 11.0 Å². The van der Waals surface area contributed by atoms with Crippen molar-refractivity contribution in [3.63, 3.8) is 0 Å². The number of nitrogens with one attached hydrogen (secondary N) is 1. The molecule has 0 bridgehead atoms. The van der Waals surface area contributed by atoms with Crippen LogP contribution in [0.5, 0.6) is 0 Å². The van der Waals surface area contributed by atoms with E-state index in [0.29, 0.717) is 13.2 Å². The van der Waals surface area contributed by atoms with Gasteiger partial charge >= 0.3 is 0 Å². The second-order valence-corrected chi connectivity index (χ2v) is 3.90. The number of benzene rings is 1. The number of hydrogen-bond donors (Lipinski definition) is 1. The number of aromatic amines is 1. The molecule has 0 aliphatic heterocycles. The second kappa shape index (κ2) is 4.11. The minimum atomic E-state index is 0.544. The summed E-state index contributed by atoms with van der Waals surface area (Å²) in [4.78, 5) is 7.60. The number of halogens is 1. The Morgan fingerprint density at radius 1 is 1.50 bits per heavy atom. The van der Waals surface area contributed by atoms with Crippen LogP contribution in [0.15, 0.2) is 22.7 Å². The highest BCUT2D eigenvalue weighted by molar-refractivity contribution is 9.10. The van der Waals surface area contributed by atoms with Crippen LogP contribution in [0.2, 0.25) is 0 Å². The highest BCUT2D eigenvalue weighted by atomic mass is 79.9. The SMILES string of the molecule is CCOCc1nc2ccc(Br)cc2[nH]1. The Kier molecular flexibility index (Phi) is 2.84. The van der Waals surface area contributed by atoms with E-state index in [2.05, 4.69) is 25.9 Å². The number of fused-ring (bicyclic) bond motifs is 1. The minimum Gasteiger partial charge on any atom is -0.374 e. The fourth-order valence-electron chi connectivity index (χ4n) is 1.30. The largest absolute Gasteiger partial charge is 0.374 e. The zero-order chi connectivity index (χ0) is 9.97. The Balaban J connectivity index is 2.32. The molecule has 0 amide bonds. The van der Waals surface area contributed by atoms with Crippen molar-refractivity contribution in [1.29, 1.82) is 0 Å². The first-order valence-electron chi connectivity index (χ1n) is 4.51. The summed E-state index contributed by atoms with van der Waals surface area (Å²) < 4.78 is 6.33. The Morgan fingerprint density at radius 2 is 2.36 bits per heavy atom. The smallest absolute Gasteiger partial charge is 0.133 e. The molecule has 1 heterocycles. The molecule has 2 rings (SSSR count). The van der Waals surface area contributed by atoms with Gasteiger partial charge in [-0.05, 0) is 25.1 Å². The summed E-state index contributed by atoms with van der Waals surface area (Å²) in [5.41, 5.74) is 2.01. The molecule has 0 atom stereocenters. The molecule has 0 saturated heterocycles. The standard InChI is InChI=1S/C10H11BrN2O/c1-2-14-6-10-12-8-4-3-7(11)5-9(8)13-10/h3-5H,2,6H2,1H3,(H,12,13). The number of rotatable bonds is 3. The van der Waals surface area contributed by atoms with Crippen LogP contribution < -0.4 is 0 Å². The lowest BCUT2D eigenvalue weighted by Gasteiger charge is -1.94. The first kappa shape index (κ1) is 9.68. The molecule has 2 aromatic rings. The Labute approximate surface area is 90.6 Å². The summed E-state index contributed by atoms with van der Waals surface area (Å²) in [5, 5.41) is 0. The Morgan fingerprint density at radius 3 is 3.14 bits per heavy atom. The number of imidazole rings is 1. The number of aromatic nitrogens is 2. The van der Waals surface area contributed by atoms with Gasteiger partial charge in [0.1, 0.15) is 12.4 Å². The molecular formula is C10H11BrN2O. The molecule has 3 nitrogen and oxygen atoms in total. The maximum absolute atomic E-state index is 5.27. The van der Waals surface area contributed by atoms with E-state index in [1.54, 1.807) is 0 Å². The van der Waals surface area contributed by atoms with Crippen LogP contribution in [0.3, 0.4) is 0 Å². The highest BCUT2D eigenvalue weighted by Gasteiger charge is 2.02. The average Bonchev–Trinajstić information content (AvgIpc) is 2.56. The topological polar surface area (TPSA) is 37.9 Å². The lowest BCUT2D eigenvalue weighted by Crippen LogP contribution is -1.93. The normalized spacial score (nSPS) is 11.0. The van der Waals surface area contributed by atoms with Crippen molar-refractivity contribution in [3.8, 4) is 0 Å². The van der Waals surface area contributed by atoms with Gasteiger partial charge < -0.3 is 9.72 Å². The molecule has 0 fully saturated rings. The summed E-state index contributed by atoms with van der Waals surface area (Å²) in [7, 11) is 0. The number of nitrogens with zero attached hydrogens (tertiary/aromatic N) is 1. The summed E-state index contributed by atoms with van der Waals surface area (Å²) >= 11 is 3.42. The van der Waals surface area contributed by atoms with E-state index >= 15 is 0 Å². The van der Waals surface area contributed by atoms with E-state index < -0.39 is 0 Å². The van der Waals surface area contributed by atoms with E-state index in [4.69, 9.17) is 4.74 Å². The molecule has 0 aliphatic carbocycles. The monoisotopic (exact) mass is 254 g/mol. The zero-order valence-corrected chi connectivity index (χ0v) is 9.47. The summed E-state index contributed by atoms with van der Waals surface area (Å²) in [6, 6.07) is 5.97. The summed E-state index contributed by atoms with van der Waals surface area (Å²) in [5.74, 6) is 0.875. The third kappa shape index (κ3) is 1.96. The van der Waals surface area contributed by atoms with E-state index in [0.717, 1.165) is 21.3 Å². The van der Waals surface area contributed by atoms with E-state index in [1.807, 2.05) is 25.1 Å². The maximum Gasteiger partial charge on any atom is 0.133 e. The summed E-state index contributed by atoms with van der Waals surface area (Å²) in [6.45, 7) is 3.22. The van der Waals surface area contributed by atoms with Crippen molar-refractivity contribution in [2.75, 3.05) is 6.61 Å². The fourth-order valence-corrected chi connectivity index (χ4v) is 1.66. The minimum absolute atomic E-state index is 0.544. The Bertz CT molecular complexity index is 439. The van der Waals surface area contributed by atoms with Gasteiger partial charge in [-0.15, -0.1) is 0 Å². The van der Waals surface area contributed by atoms with Gasteiger partial charge in [0, 0.05) is 11.1 Å². The second-order valence-electron chi connectivity index (χ2n) is 2.98. The average molecular weight is 255 g/mol. The predicted molar refractivity (Wildman–Crippen MR) is 59.1 cm³/mol.